The first-order chi connectivity index (χ1) is 16.3. The average molecular weight is 469 g/mol. The number of hydrogen-bond acceptors (Lipinski definition) is 6. The van der Waals surface area contributed by atoms with E-state index in [1.165, 1.54) is 5.56 Å². The molecular weight excluding hydrogens is 432 g/mol. The number of aromatic nitrogens is 1. The lowest BCUT2D eigenvalue weighted by molar-refractivity contribution is -0.115. The molecule has 184 valence electrons. The fourth-order valence-electron chi connectivity index (χ4n) is 4.12. The Labute approximate surface area is 202 Å². The first-order valence-electron chi connectivity index (χ1n) is 11.8. The SMILES string of the molecule is CCC(=O)Nc1ccc2c(c1)OC[C@@H](C)N(Cc1ccncc1)C[C@H](C)[C@H](OC)CN(C)C2=O. The van der Waals surface area contributed by atoms with E-state index in [0.29, 0.717) is 36.6 Å². The van der Waals surface area contributed by atoms with Gasteiger partial charge >= 0.3 is 0 Å². The molecule has 1 aromatic carbocycles. The van der Waals surface area contributed by atoms with Gasteiger partial charge in [0.1, 0.15) is 12.4 Å². The van der Waals surface area contributed by atoms with Crippen molar-refractivity contribution in [2.24, 2.45) is 5.92 Å². The number of carbonyl (C=O) groups is 2. The highest BCUT2D eigenvalue weighted by atomic mass is 16.5. The number of carbonyl (C=O) groups excluding carboxylic acids is 2. The maximum atomic E-state index is 13.3. The molecule has 3 rings (SSSR count). The van der Waals surface area contributed by atoms with Crippen LogP contribution < -0.4 is 10.1 Å². The van der Waals surface area contributed by atoms with Crippen LogP contribution in [0, 0.1) is 5.92 Å². The van der Waals surface area contributed by atoms with Crippen molar-refractivity contribution in [2.75, 3.05) is 39.2 Å². The molecule has 8 heteroatoms. The topological polar surface area (TPSA) is 84.0 Å². The predicted octanol–water partition coefficient (Wildman–Crippen LogP) is 3.44. The third kappa shape index (κ3) is 6.55. The number of fused-ring (bicyclic) bond motifs is 1. The van der Waals surface area contributed by atoms with E-state index in [1.807, 2.05) is 12.1 Å². The molecule has 2 amide bonds. The highest BCUT2D eigenvalue weighted by Gasteiger charge is 2.28. The summed E-state index contributed by atoms with van der Waals surface area (Å²) in [5.41, 5.74) is 2.25. The van der Waals surface area contributed by atoms with Crippen molar-refractivity contribution in [2.45, 2.75) is 45.9 Å². The number of ether oxygens (including phenoxy) is 2. The van der Waals surface area contributed by atoms with Crippen LogP contribution in [0.15, 0.2) is 42.7 Å². The van der Waals surface area contributed by atoms with Gasteiger partial charge in [0.2, 0.25) is 5.91 Å². The monoisotopic (exact) mass is 468 g/mol. The van der Waals surface area contributed by atoms with E-state index in [1.54, 1.807) is 56.6 Å². The molecule has 34 heavy (non-hydrogen) atoms. The zero-order valence-electron chi connectivity index (χ0n) is 20.8. The molecule has 2 aromatic rings. The van der Waals surface area contributed by atoms with Gasteiger partial charge in [-0.15, -0.1) is 0 Å². The summed E-state index contributed by atoms with van der Waals surface area (Å²) in [6.45, 7) is 8.46. The second kappa shape index (κ2) is 11.9. The summed E-state index contributed by atoms with van der Waals surface area (Å²) in [4.78, 5) is 33.3. The first kappa shape index (κ1) is 25.6. The minimum Gasteiger partial charge on any atom is -0.491 e. The fraction of sp³-hybridized carbons (Fsp3) is 0.500. The van der Waals surface area contributed by atoms with Crippen molar-refractivity contribution < 1.29 is 19.1 Å². The van der Waals surface area contributed by atoms with E-state index in [-0.39, 0.29) is 29.9 Å². The standard InChI is InChI=1S/C26H36N4O4/c1-6-25(31)28-21-7-8-22-23(13-21)34-17-19(3)30(15-20-9-11-27-12-10-20)14-18(2)24(33-5)16-29(4)26(22)32/h7-13,18-19,24H,6,14-17H2,1-5H3,(H,28,31)/t18-,19+,24+/m0/s1. The van der Waals surface area contributed by atoms with Crippen molar-refractivity contribution in [3.63, 3.8) is 0 Å². The Morgan fingerprint density at radius 1 is 1.21 bits per heavy atom. The molecule has 0 unspecified atom stereocenters. The van der Waals surface area contributed by atoms with Crippen molar-refractivity contribution in [3.8, 4) is 5.75 Å². The number of anilines is 1. The van der Waals surface area contributed by atoms with Crippen molar-refractivity contribution >= 4 is 17.5 Å². The molecular formula is C26H36N4O4. The van der Waals surface area contributed by atoms with E-state index >= 15 is 0 Å². The Bertz CT molecular complexity index is 969. The Kier molecular flexibility index (Phi) is 9.01. The molecule has 1 aromatic heterocycles. The second-order valence-electron chi connectivity index (χ2n) is 8.99. The molecule has 0 bridgehead atoms. The number of rotatable bonds is 5. The van der Waals surface area contributed by atoms with Crippen LogP contribution in [0.1, 0.15) is 43.1 Å². The third-order valence-corrected chi connectivity index (χ3v) is 6.32. The molecule has 0 radical (unpaired) electrons. The van der Waals surface area contributed by atoms with Crippen LogP contribution in [0.5, 0.6) is 5.75 Å². The van der Waals surface area contributed by atoms with Gasteiger partial charge in [-0.25, -0.2) is 0 Å². The van der Waals surface area contributed by atoms with Gasteiger partial charge in [-0.05, 0) is 42.7 Å². The van der Waals surface area contributed by atoms with Gasteiger partial charge < -0.3 is 19.7 Å². The number of methoxy groups -OCH3 is 1. The number of amides is 2. The fourth-order valence-corrected chi connectivity index (χ4v) is 4.12. The predicted molar refractivity (Wildman–Crippen MR) is 132 cm³/mol. The molecule has 0 saturated heterocycles. The first-order valence-corrected chi connectivity index (χ1v) is 11.8. The van der Waals surface area contributed by atoms with Gasteiger partial charge in [0.05, 0.1) is 11.7 Å². The van der Waals surface area contributed by atoms with E-state index in [9.17, 15) is 9.59 Å². The minimum atomic E-state index is -0.139. The molecule has 0 spiro atoms. The number of hydrogen-bond donors (Lipinski definition) is 1. The van der Waals surface area contributed by atoms with Gasteiger partial charge in [-0.1, -0.05) is 13.8 Å². The summed E-state index contributed by atoms with van der Waals surface area (Å²) < 4.78 is 12.0. The normalized spacial score (nSPS) is 22.2. The Hall–Kier alpha value is -2.97. The maximum absolute atomic E-state index is 13.3. The summed E-state index contributed by atoms with van der Waals surface area (Å²) in [7, 11) is 3.47. The molecule has 0 saturated carbocycles. The van der Waals surface area contributed by atoms with Crippen LogP contribution in [0.2, 0.25) is 0 Å². The summed E-state index contributed by atoms with van der Waals surface area (Å²) in [6.07, 6.45) is 3.86. The summed E-state index contributed by atoms with van der Waals surface area (Å²) >= 11 is 0. The molecule has 3 atom stereocenters. The van der Waals surface area contributed by atoms with Gasteiger partial charge in [0, 0.05) is 70.4 Å². The molecule has 1 aliphatic rings. The number of pyridine rings is 1. The van der Waals surface area contributed by atoms with Crippen LogP contribution in [-0.4, -0.2) is 72.6 Å². The molecule has 2 heterocycles. The van der Waals surface area contributed by atoms with Crippen LogP contribution >= 0.6 is 0 Å². The lowest BCUT2D eigenvalue weighted by atomic mass is 10.0. The highest BCUT2D eigenvalue weighted by molar-refractivity contribution is 5.98. The van der Waals surface area contributed by atoms with Crippen LogP contribution in [0.3, 0.4) is 0 Å². The highest BCUT2D eigenvalue weighted by Crippen LogP contribution is 2.27. The smallest absolute Gasteiger partial charge is 0.257 e. The van der Waals surface area contributed by atoms with Gasteiger partial charge in [0.25, 0.3) is 5.91 Å². The van der Waals surface area contributed by atoms with Crippen LogP contribution in [0.25, 0.3) is 0 Å². The Balaban J connectivity index is 1.94. The zero-order chi connectivity index (χ0) is 24.7. The molecule has 0 fully saturated rings. The number of nitrogens with one attached hydrogen (secondary N) is 1. The number of nitrogens with zero attached hydrogens (tertiary/aromatic N) is 3. The summed E-state index contributed by atoms with van der Waals surface area (Å²) in [5, 5.41) is 2.85. The lowest BCUT2D eigenvalue weighted by Gasteiger charge is -2.36. The summed E-state index contributed by atoms with van der Waals surface area (Å²) in [5.74, 6) is 0.420. The third-order valence-electron chi connectivity index (χ3n) is 6.32. The summed E-state index contributed by atoms with van der Waals surface area (Å²) in [6, 6.07) is 9.30. The second-order valence-corrected chi connectivity index (χ2v) is 8.99. The van der Waals surface area contributed by atoms with Crippen molar-refractivity contribution in [1.82, 2.24) is 14.8 Å². The van der Waals surface area contributed by atoms with Crippen LogP contribution in [0.4, 0.5) is 5.69 Å². The lowest BCUT2D eigenvalue weighted by Crippen LogP contribution is -2.46. The Morgan fingerprint density at radius 3 is 2.62 bits per heavy atom. The molecule has 8 nitrogen and oxygen atoms in total. The van der Waals surface area contributed by atoms with Crippen molar-refractivity contribution in [1.29, 1.82) is 0 Å². The maximum Gasteiger partial charge on any atom is 0.257 e. The average Bonchev–Trinajstić information content (AvgIpc) is 2.84. The Morgan fingerprint density at radius 2 is 1.94 bits per heavy atom. The number of benzene rings is 1. The van der Waals surface area contributed by atoms with E-state index < -0.39 is 0 Å². The minimum absolute atomic E-state index is 0.0714. The van der Waals surface area contributed by atoms with Gasteiger partial charge in [0.15, 0.2) is 0 Å². The molecule has 1 N–H and O–H groups in total. The van der Waals surface area contributed by atoms with Crippen molar-refractivity contribution in [3.05, 3.63) is 53.9 Å². The van der Waals surface area contributed by atoms with E-state index in [0.717, 1.165) is 13.1 Å². The molecule has 0 aliphatic carbocycles. The van der Waals surface area contributed by atoms with Gasteiger partial charge in [-0.2, -0.15) is 0 Å². The van der Waals surface area contributed by atoms with E-state index in [2.05, 4.69) is 29.0 Å². The quantitative estimate of drug-likeness (QED) is 0.724. The van der Waals surface area contributed by atoms with Gasteiger partial charge in [-0.3, -0.25) is 19.5 Å². The van der Waals surface area contributed by atoms with E-state index in [4.69, 9.17) is 9.47 Å². The molecule has 1 aliphatic heterocycles. The zero-order valence-corrected chi connectivity index (χ0v) is 20.8. The number of likely N-dealkylation sites (N-methyl/N-ethyl adjacent to an activating group) is 1. The largest absolute Gasteiger partial charge is 0.491 e. The van der Waals surface area contributed by atoms with Crippen LogP contribution in [-0.2, 0) is 16.1 Å².